The normalized spacial score (nSPS) is 19.6. The molecule has 1 atom stereocenters. The van der Waals surface area contributed by atoms with Crippen LogP contribution in [0.1, 0.15) is 44.3 Å². The Morgan fingerprint density at radius 2 is 2.22 bits per heavy atom. The summed E-state index contributed by atoms with van der Waals surface area (Å²) < 4.78 is 5.94. The lowest BCUT2D eigenvalue weighted by atomic mass is 10.1. The van der Waals surface area contributed by atoms with Crippen LogP contribution in [-0.4, -0.2) is 28.1 Å². The number of nitrogens with zero attached hydrogens (tertiary/aromatic N) is 2. The van der Waals surface area contributed by atoms with Crippen molar-refractivity contribution in [3.05, 3.63) is 15.0 Å². The molecule has 1 aliphatic heterocycles. The second-order valence-electron chi connectivity index (χ2n) is 5.37. The standard InChI is InChI=1S/C12H17ClN2O2S/c1-7-9-8(18-10(13)14-9)5-6-15(7)11(16)17-12(2,3)4/h7H,5-6H2,1-4H3. The summed E-state index contributed by atoms with van der Waals surface area (Å²) in [6.07, 6.45) is 0.508. The van der Waals surface area contributed by atoms with E-state index in [2.05, 4.69) is 4.98 Å². The molecule has 0 spiro atoms. The van der Waals surface area contributed by atoms with E-state index in [1.807, 2.05) is 27.7 Å². The summed E-state index contributed by atoms with van der Waals surface area (Å²) in [5.41, 5.74) is 0.429. The van der Waals surface area contributed by atoms with E-state index in [4.69, 9.17) is 16.3 Å². The topological polar surface area (TPSA) is 42.4 Å². The minimum Gasteiger partial charge on any atom is -0.444 e. The number of aromatic nitrogens is 1. The number of amides is 1. The molecule has 1 unspecified atom stereocenters. The van der Waals surface area contributed by atoms with Crippen molar-refractivity contribution >= 4 is 29.0 Å². The van der Waals surface area contributed by atoms with Gasteiger partial charge in [0.05, 0.1) is 11.7 Å². The van der Waals surface area contributed by atoms with Crippen molar-refractivity contribution in [1.29, 1.82) is 0 Å². The van der Waals surface area contributed by atoms with Gasteiger partial charge in [-0.05, 0) is 27.7 Å². The zero-order chi connectivity index (χ0) is 13.5. The summed E-state index contributed by atoms with van der Waals surface area (Å²) in [7, 11) is 0. The quantitative estimate of drug-likeness (QED) is 0.732. The fourth-order valence-corrected chi connectivity index (χ4v) is 3.20. The van der Waals surface area contributed by atoms with Crippen molar-refractivity contribution in [1.82, 2.24) is 9.88 Å². The lowest BCUT2D eigenvalue weighted by Gasteiger charge is -2.34. The molecule has 2 rings (SSSR count). The smallest absolute Gasteiger partial charge is 0.410 e. The van der Waals surface area contributed by atoms with Gasteiger partial charge in [-0.2, -0.15) is 0 Å². The lowest BCUT2D eigenvalue weighted by Crippen LogP contribution is -2.41. The zero-order valence-corrected chi connectivity index (χ0v) is 12.6. The van der Waals surface area contributed by atoms with Gasteiger partial charge in [-0.25, -0.2) is 9.78 Å². The first kappa shape index (κ1) is 13.6. The van der Waals surface area contributed by atoms with Crippen LogP contribution in [0.4, 0.5) is 4.79 Å². The number of hydrogen-bond donors (Lipinski definition) is 0. The third-order valence-corrected chi connectivity index (χ3v) is 4.01. The number of hydrogen-bond acceptors (Lipinski definition) is 4. The molecule has 0 radical (unpaired) electrons. The van der Waals surface area contributed by atoms with E-state index in [1.165, 1.54) is 16.2 Å². The molecular formula is C12H17ClN2O2S. The maximum absolute atomic E-state index is 12.1. The Hall–Kier alpha value is -0.810. The van der Waals surface area contributed by atoms with Gasteiger partial charge in [0.25, 0.3) is 0 Å². The number of ether oxygens (including phenoxy) is 1. The van der Waals surface area contributed by atoms with Crippen molar-refractivity contribution in [3.8, 4) is 0 Å². The van der Waals surface area contributed by atoms with Gasteiger partial charge >= 0.3 is 6.09 Å². The Bertz CT molecular complexity index is 467. The maximum Gasteiger partial charge on any atom is 0.410 e. The van der Waals surface area contributed by atoms with Crippen LogP contribution in [0.2, 0.25) is 4.47 Å². The largest absolute Gasteiger partial charge is 0.444 e. The molecular weight excluding hydrogens is 272 g/mol. The zero-order valence-electron chi connectivity index (χ0n) is 11.0. The van der Waals surface area contributed by atoms with Crippen LogP contribution >= 0.6 is 22.9 Å². The van der Waals surface area contributed by atoms with Crippen molar-refractivity contribution in [2.45, 2.75) is 45.8 Å². The monoisotopic (exact) mass is 288 g/mol. The Morgan fingerprint density at radius 1 is 1.56 bits per heavy atom. The molecule has 0 bridgehead atoms. The van der Waals surface area contributed by atoms with E-state index in [0.29, 0.717) is 11.0 Å². The van der Waals surface area contributed by atoms with E-state index in [0.717, 1.165) is 12.1 Å². The van der Waals surface area contributed by atoms with Crippen molar-refractivity contribution < 1.29 is 9.53 Å². The molecule has 1 amide bonds. The summed E-state index contributed by atoms with van der Waals surface area (Å²) in [6.45, 7) is 8.21. The van der Waals surface area contributed by atoms with Gasteiger partial charge in [0.2, 0.25) is 0 Å². The highest BCUT2D eigenvalue weighted by atomic mass is 35.5. The molecule has 0 N–H and O–H groups in total. The van der Waals surface area contributed by atoms with Gasteiger partial charge in [0.15, 0.2) is 4.47 Å². The van der Waals surface area contributed by atoms with E-state index in [1.54, 1.807) is 4.90 Å². The second-order valence-corrected chi connectivity index (χ2v) is 7.04. The summed E-state index contributed by atoms with van der Waals surface area (Å²) in [5, 5.41) is 0. The van der Waals surface area contributed by atoms with Crippen molar-refractivity contribution in [3.63, 3.8) is 0 Å². The number of rotatable bonds is 0. The minimum atomic E-state index is -0.475. The Labute approximate surface area is 116 Å². The Kier molecular flexibility index (Phi) is 3.56. The molecule has 0 saturated heterocycles. The molecule has 2 heterocycles. The summed E-state index contributed by atoms with van der Waals surface area (Å²) in [4.78, 5) is 19.3. The third kappa shape index (κ3) is 2.78. The fourth-order valence-electron chi connectivity index (χ4n) is 1.97. The first-order valence-electron chi connectivity index (χ1n) is 5.92. The average Bonchev–Trinajstić information content (AvgIpc) is 2.57. The fraction of sp³-hybridized carbons (Fsp3) is 0.667. The number of carbonyl (C=O) groups excluding carboxylic acids is 1. The third-order valence-electron chi connectivity index (χ3n) is 2.77. The van der Waals surface area contributed by atoms with Crippen LogP contribution in [0.5, 0.6) is 0 Å². The maximum atomic E-state index is 12.1. The molecule has 0 saturated carbocycles. The molecule has 100 valence electrons. The highest BCUT2D eigenvalue weighted by molar-refractivity contribution is 7.15. The van der Waals surface area contributed by atoms with Crippen molar-refractivity contribution in [2.24, 2.45) is 0 Å². The first-order chi connectivity index (χ1) is 8.28. The van der Waals surface area contributed by atoms with Crippen LogP contribution in [0, 0.1) is 0 Å². The van der Waals surface area contributed by atoms with E-state index in [9.17, 15) is 4.79 Å². The molecule has 1 aliphatic rings. The van der Waals surface area contributed by atoms with Gasteiger partial charge < -0.3 is 4.74 Å². The second kappa shape index (κ2) is 4.70. The van der Waals surface area contributed by atoms with Crippen LogP contribution < -0.4 is 0 Å². The van der Waals surface area contributed by atoms with E-state index in [-0.39, 0.29) is 12.1 Å². The summed E-state index contributed by atoms with van der Waals surface area (Å²) in [6, 6.07) is -0.0765. The van der Waals surface area contributed by atoms with Gasteiger partial charge in [-0.1, -0.05) is 11.6 Å². The highest BCUT2D eigenvalue weighted by Gasteiger charge is 2.33. The van der Waals surface area contributed by atoms with Gasteiger partial charge in [0, 0.05) is 17.8 Å². The first-order valence-corrected chi connectivity index (χ1v) is 7.12. The van der Waals surface area contributed by atoms with Crippen LogP contribution in [-0.2, 0) is 11.2 Å². The molecule has 1 aromatic rings. The van der Waals surface area contributed by atoms with Gasteiger partial charge in [0.1, 0.15) is 5.60 Å². The number of halogens is 1. The van der Waals surface area contributed by atoms with Gasteiger partial charge in [-0.15, -0.1) is 11.3 Å². The predicted octanol–water partition coefficient (Wildman–Crippen LogP) is 3.65. The Morgan fingerprint density at radius 3 is 2.83 bits per heavy atom. The van der Waals surface area contributed by atoms with Crippen molar-refractivity contribution in [2.75, 3.05) is 6.54 Å². The predicted molar refractivity (Wildman–Crippen MR) is 72.2 cm³/mol. The van der Waals surface area contributed by atoms with E-state index < -0.39 is 5.60 Å². The minimum absolute atomic E-state index is 0.0765. The SMILES string of the molecule is CC1c2nc(Cl)sc2CCN1C(=O)OC(C)(C)C. The number of fused-ring (bicyclic) bond motifs is 1. The average molecular weight is 289 g/mol. The molecule has 18 heavy (non-hydrogen) atoms. The molecule has 4 nitrogen and oxygen atoms in total. The molecule has 6 heteroatoms. The highest BCUT2D eigenvalue weighted by Crippen LogP contribution is 2.35. The molecule has 1 aromatic heterocycles. The molecule has 0 aromatic carbocycles. The lowest BCUT2D eigenvalue weighted by molar-refractivity contribution is 0.0157. The van der Waals surface area contributed by atoms with E-state index >= 15 is 0 Å². The van der Waals surface area contributed by atoms with Crippen LogP contribution in [0.25, 0.3) is 0 Å². The van der Waals surface area contributed by atoms with Crippen LogP contribution in [0.3, 0.4) is 0 Å². The Balaban J connectivity index is 2.16. The van der Waals surface area contributed by atoms with Crippen LogP contribution in [0.15, 0.2) is 0 Å². The number of thiazole rings is 1. The summed E-state index contributed by atoms with van der Waals surface area (Å²) in [5.74, 6) is 0. The number of carbonyl (C=O) groups is 1. The van der Waals surface area contributed by atoms with Gasteiger partial charge in [-0.3, -0.25) is 4.90 Å². The molecule has 0 fully saturated rings. The molecule has 0 aliphatic carbocycles. The summed E-state index contributed by atoms with van der Waals surface area (Å²) >= 11 is 7.42.